The summed E-state index contributed by atoms with van der Waals surface area (Å²) in [5.74, 6) is 0. The van der Waals surface area contributed by atoms with E-state index in [4.69, 9.17) is 30.0 Å². The summed E-state index contributed by atoms with van der Waals surface area (Å²) in [4.78, 5) is 17.1. The lowest BCUT2D eigenvalue weighted by atomic mass is 10.2. The monoisotopic (exact) mass is 204 g/mol. The van der Waals surface area contributed by atoms with Crippen LogP contribution in [0.25, 0.3) is 0 Å². The van der Waals surface area contributed by atoms with Gasteiger partial charge in [0.2, 0.25) is 0 Å². The molecule has 1 rings (SSSR count). The molecular formula is C8H12O6. The molecule has 0 amide bonds. The topological polar surface area (TPSA) is 115 Å². The van der Waals surface area contributed by atoms with Crippen LogP contribution in [0, 0.1) is 0 Å². The number of hydrogen-bond acceptors (Lipinski definition) is 2. The van der Waals surface area contributed by atoms with E-state index >= 15 is 0 Å². The van der Waals surface area contributed by atoms with Crippen molar-refractivity contribution in [3.05, 3.63) is 24.3 Å². The third kappa shape index (κ3) is 50.4. The lowest BCUT2D eigenvalue weighted by Gasteiger charge is -1.88. The Labute approximate surface area is 80.4 Å². The van der Waals surface area contributed by atoms with Crippen LogP contribution in [0.4, 0.5) is 9.59 Å². The summed E-state index contributed by atoms with van der Waals surface area (Å²) in [6, 6.07) is 0. The molecular weight excluding hydrogens is 192 g/mol. The van der Waals surface area contributed by atoms with E-state index in [1.54, 1.807) is 0 Å². The zero-order valence-electron chi connectivity index (χ0n) is 7.33. The van der Waals surface area contributed by atoms with E-state index < -0.39 is 12.3 Å². The Kier molecular flexibility index (Phi) is 11.4. The highest BCUT2D eigenvalue weighted by atomic mass is 16.6. The molecule has 6 nitrogen and oxygen atoms in total. The van der Waals surface area contributed by atoms with Crippen molar-refractivity contribution in [1.82, 2.24) is 0 Å². The molecule has 0 heterocycles. The predicted octanol–water partition coefficient (Wildman–Crippen LogP) is 2.34. The van der Waals surface area contributed by atoms with Crippen LogP contribution in [0.1, 0.15) is 12.8 Å². The van der Waals surface area contributed by atoms with E-state index in [0.717, 1.165) is 0 Å². The highest BCUT2D eigenvalue weighted by molar-refractivity contribution is 5.53. The van der Waals surface area contributed by atoms with Crippen LogP contribution in [-0.4, -0.2) is 32.7 Å². The SMILES string of the molecule is C1=CCCC=C1.O=C(O)O.O=C(O)O. The standard InChI is InChI=1S/C6H8.2CH2O3/c1-2-4-6-5-3-1;2*2-1(3)4/h1-4H,5-6H2;2*(H2,2,3,4). The van der Waals surface area contributed by atoms with Crippen molar-refractivity contribution in [1.29, 1.82) is 0 Å². The van der Waals surface area contributed by atoms with E-state index in [0.29, 0.717) is 0 Å². The molecule has 0 aromatic carbocycles. The Morgan fingerprint density at radius 3 is 1.07 bits per heavy atom. The van der Waals surface area contributed by atoms with Gasteiger partial charge in [0.05, 0.1) is 0 Å². The second kappa shape index (κ2) is 11.0. The van der Waals surface area contributed by atoms with Crippen molar-refractivity contribution in [2.45, 2.75) is 12.8 Å². The molecule has 0 unspecified atom stereocenters. The molecule has 0 aromatic rings. The number of rotatable bonds is 0. The van der Waals surface area contributed by atoms with Gasteiger partial charge < -0.3 is 20.4 Å². The first-order chi connectivity index (χ1) is 6.46. The molecule has 80 valence electrons. The first-order valence-electron chi connectivity index (χ1n) is 3.62. The minimum atomic E-state index is -1.83. The van der Waals surface area contributed by atoms with Gasteiger partial charge in [-0.1, -0.05) is 24.3 Å². The fourth-order valence-corrected chi connectivity index (χ4v) is 0.542. The van der Waals surface area contributed by atoms with Crippen molar-refractivity contribution < 1.29 is 30.0 Å². The fourth-order valence-electron chi connectivity index (χ4n) is 0.542. The van der Waals surface area contributed by atoms with E-state index in [9.17, 15) is 0 Å². The number of allylic oxidation sites excluding steroid dienone is 4. The van der Waals surface area contributed by atoms with Gasteiger partial charge in [-0.3, -0.25) is 0 Å². The summed E-state index contributed by atoms with van der Waals surface area (Å²) in [7, 11) is 0. The van der Waals surface area contributed by atoms with Crippen LogP contribution in [0.5, 0.6) is 0 Å². The maximum absolute atomic E-state index is 8.56. The molecule has 0 aromatic heterocycles. The maximum atomic E-state index is 8.56. The summed E-state index contributed by atoms with van der Waals surface area (Å²) in [5, 5.41) is 27.9. The summed E-state index contributed by atoms with van der Waals surface area (Å²) in [6.45, 7) is 0. The van der Waals surface area contributed by atoms with Gasteiger partial charge in [-0.15, -0.1) is 0 Å². The van der Waals surface area contributed by atoms with Crippen LogP contribution in [-0.2, 0) is 0 Å². The second-order valence-electron chi connectivity index (χ2n) is 2.00. The van der Waals surface area contributed by atoms with Crippen LogP contribution < -0.4 is 0 Å². The number of hydrogen-bond donors (Lipinski definition) is 4. The van der Waals surface area contributed by atoms with Crippen LogP contribution in [0.15, 0.2) is 24.3 Å². The quantitative estimate of drug-likeness (QED) is 0.481. The van der Waals surface area contributed by atoms with Gasteiger partial charge in [0.1, 0.15) is 0 Å². The summed E-state index contributed by atoms with van der Waals surface area (Å²) >= 11 is 0. The molecule has 0 spiro atoms. The van der Waals surface area contributed by atoms with Gasteiger partial charge in [0.15, 0.2) is 0 Å². The summed E-state index contributed by atoms with van der Waals surface area (Å²) in [6.07, 6.45) is 7.33. The van der Waals surface area contributed by atoms with Crippen molar-refractivity contribution in [3.63, 3.8) is 0 Å². The molecule has 0 fully saturated rings. The summed E-state index contributed by atoms with van der Waals surface area (Å²) in [5.41, 5.74) is 0. The van der Waals surface area contributed by atoms with Crippen molar-refractivity contribution in [2.75, 3.05) is 0 Å². The van der Waals surface area contributed by atoms with Crippen LogP contribution in [0.2, 0.25) is 0 Å². The lowest BCUT2D eigenvalue weighted by molar-refractivity contribution is 0.135. The summed E-state index contributed by atoms with van der Waals surface area (Å²) < 4.78 is 0. The molecule has 0 saturated carbocycles. The normalized spacial score (nSPS) is 11.4. The molecule has 6 heteroatoms. The smallest absolute Gasteiger partial charge is 0.450 e. The van der Waals surface area contributed by atoms with Gasteiger partial charge in [-0.05, 0) is 12.8 Å². The molecule has 0 atom stereocenters. The highest BCUT2D eigenvalue weighted by Gasteiger charge is 1.77. The third-order valence-electron chi connectivity index (χ3n) is 0.883. The van der Waals surface area contributed by atoms with Crippen molar-refractivity contribution in [3.8, 4) is 0 Å². The Morgan fingerprint density at radius 1 is 0.786 bits per heavy atom. The Bertz CT molecular complexity index is 186. The average molecular weight is 204 g/mol. The largest absolute Gasteiger partial charge is 0.503 e. The van der Waals surface area contributed by atoms with Gasteiger partial charge in [0.25, 0.3) is 0 Å². The second-order valence-corrected chi connectivity index (χ2v) is 2.00. The van der Waals surface area contributed by atoms with Crippen molar-refractivity contribution in [2.24, 2.45) is 0 Å². The Morgan fingerprint density at radius 2 is 1.00 bits per heavy atom. The van der Waals surface area contributed by atoms with E-state index in [1.807, 2.05) is 0 Å². The predicted molar refractivity (Wildman–Crippen MR) is 48.8 cm³/mol. The Balaban J connectivity index is 0. The van der Waals surface area contributed by atoms with E-state index in [1.165, 1.54) is 12.8 Å². The minimum absolute atomic E-state index is 1.23. The molecule has 1 aliphatic rings. The van der Waals surface area contributed by atoms with Crippen LogP contribution in [0.3, 0.4) is 0 Å². The number of carboxylic acid groups (broad SMARTS) is 4. The fraction of sp³-hybridized carbons (Fsp3) is 0.250. The molecule has 4 N–H and O–H groups in total. The lowest BCUT2D eigenvalue weighted by Crippen LogP contribution is -1.81. The van der Waals surface area contributed by atoms with Gasteiger partial charge in [-0.25, -0.2) is 9.59 Å². The Hall–Kier alpha value is -1.98. The molecule has 0 aliphatic heterocycles. The van der Waals surface area contributed by atoms with Gasteiger partial charge >= 0.3 is 12.3 Å². The first-order valence-corrected chi connectivity index (χ1v) is 3.62. The van der Waals surface area contributed by atoms with Crippen molar-refractivity contribution >= 4 is 12.3 Å². The first kappa shape index (κ1) is 14.5. The zero-order chi connectivity index (χ0) is 11.4. The minimum Gasteiger partial charge on any atom is -0.450 e. The molecule has 0 saturated heterocycles. The van der Waals surface area contributed by atoms with Crippen LogP contribution >= 0.6 is 0 Å². The molecule has 14 heavy (non-hydrogen) atoms. The van der Waals surface area contributed by atoms with Gasteiger partial charge in [-0.2, -0.15) is 0 Å². The third-order valence-corrected chi connectivity index (χ3v) is 0.883. The maximum Gasteiger partial charge on any atom is 0.503 e. The average Bonchev–Trinajstić information content (AvgIpc) is 2.05. The van der Waals surface area contributed by atoms with Gasteiger partial charge in [0, 0.05) is 0 Å². The highest BCUT2D eigenvalue weighted by Crippen LogP contribution is 1.98. The molecule has 1 aliphatic carbocycles. The van der Waals surface area contributed by atoms with E-state index in [2.05, 4.69) is 24.3 Å². The molecule has 0 radical (unpaired) electrons. The number of carbonyl (C=O) groups is 2. The molecule has 0 bridgehead atoms. The zero-order valence-corrected chi connectivity index (χ0v) is 7.33. The van der Waals surface area contributed by atoms with E-state index in [-0.39, 0.29) is 0 Å².